The molecule has 0 unspecified atom stereocenters. The first kappa shape index (κ1) is 19.4. The van der Waals surface area contributed by atoms with Crippen molar-refractivity contribution in [2.45, 2.75) is 37.1 Å². The third kappa shape index (κ3) is 4.48. The number of carbonyl (C=O) groups is 2. The molecule has 144 valence electrons. The Morgan fingerprint density at radius 3 is 2.67 bits per heavy atom. The Hall–Kier alpha value is -2.39. The molecule has 27 heavy (non-hydrogen) atoms. The zero-order valence-electron chi connectivity index (χ0n) is 14.5. The van der Waals surface area contributed by atoms with Gasteiger partial charge in [0.1, 0.15) is 11.8 Å². The fourth-order valence-electron chi connectivity index (χ4n) is 2.96. The SMILES string of the molecule is Cc1cc(CC(=O)N2CCC[C@H]2C(=O)NS(=O)(=O)c2ccc(Cl)cc2)on1. The predicted octanol–water partition coefficient (Wildman–Crippen LogP) is 1.68. The lowest BCUT2D eigenvalue weighted by atomic mass is 10.2. The number of hydrogen-bond donors (Lipinski definition) is 1. The fraction of sp³-hybridized carbons (Fsp3) is 0.353. The average Bonchev–Trinajstić information content (AvgIpc) is 3.24. The van der Waals surface area contributed by atoms with Crippen molar-refractivity contribution < 1.29 is 22.5 Å². The van der Waals surface area contributed by atoms with E-state index in [9.17, 15) is 18.0 Å². The molecule has 0 bridgehead atoms. The highest BCUT2D eigenvalue weighted by Crippen LogP contribution is 2.20. The van der Waals surface area contributed by atoms with Crippen LogP contribution < -0.4 is 4.72 Å². The maximum atomic E-state index is 12.5. The van der Waals surface area contributed by atoms with Crippen LogP contribution in [0.3, 0.4) is 0 Å². The lowest BCUT2D eigenvalue weighted by Gasteiger charge is -2.23. The summed E-state index contributed by atoms with van der Waals surface area (Å²) < 4.78 is 31.8. The van der Waals surface area contributed by atoms with Gasteiger partial charge in [0.2, 0.25) is 5.91 Å². The molecule has 3 rings (SSSR count). The minimum Gasteiger partial charge on any atom is -0.361 e. The average molecular weight is 412 g/mol. The normalized spacial score (nSPS) is 17.1. The molecular formula is C17H18ClN3O5S. The molecule has 1 fully saturated rings. The molecule has 1 N–H and O–H groups in total. The molecule has 1 atom stereocenters. The Bertz CT molecular complexity index is 955. The summed E-state index contributed by atoms with van der Waals surface area (Å²) in [6.07, 6.45) is 0.970. The van der Waals surface area contributed by atoms with Gasteiger partial charge in [-0.3, -0.25) is 9.59 Å². The van der Waals surface area contributed by atoms with Gasteiger partial charge >= 0.3 is 0 Å². The summed E-state index contributed by atoms with van der Waals surface area (Å²) in [5.74, 6) is -0.644. The van der Waals surface area contributed by atoms with Crippen molar-refractivity contribution in [3.63, 3.8) is 0 Å². The predicted molar refractivity (Wildman–Crippen MR) is 96.5 cm³/mol. The molecule has 1 aromatic heterocycles. The summed E-state index contributed by atoms with van der Waals surface area (Å²) in [5, 5.41) is 4.11. The van der Waals surface area contributed by atoms with Gasteiger partial charge in [0.25, 0.3) is 15.9 Å². The van der Waals surface area contributed by atoms with Gasteiger partial charge in [0.05, 0.1) is 17.0 Å². The van der Waals surface area contributed by atoms with E-state index in [4.69, 9.17) is 16.1 Å². The van der Waals surface area contributed by atoms with E-state index in [1.165, 1.54) is 29.2 Å². The van der Waals surface area contributed by atoms with Gasteiger partial charge in [-0.25, -0.2) is 13.1 Å². The van der Waals surface area contributed by atoms with Crippen molar-refractivity contribution in [1.82, 2.24) is 14.8 Å². The minimum atomic E-state index is -4.04. The van der Waals surface area contributed by atoms with Gasteiger partial charge < -0.3 is 9.42 Å². The van der Waals surface area contributed by atoms with Crippen LogP contribution in [-0.4, -0.2) is 42.9 Å². The minimum absolute atomic E-state index is 0.0332. The Morgan fingerprint density at radius 1 is 1.33 bits per heavy atom. The van der Waals surface area contributed by atoms with Gasteiger partial charge in [-0.2, -0.15) is 0 Å². The lowest BCUT2D eigenvalue weighted by molar-refractivity contribution is -0.137. The molecule has 2 aromatic rings. The van der Waals surface area contributed by atoms with Crippen LogP contribution >= 0.6 is 11.6 Å². The van der Waals surface area contributed by atoms with Crippen LogP contribution in [0.2, 0.25) is 5.02 Å². The standard InChI is InChI=1S/C17H18ClN3O5S/c1-11-9-13(26-19-11)10-16(22)21-8-2-3-15(21)17(23)20-27(24,25)14-6-4-12(18)5-7-14/h4-7,9,15H,2-3,8,10H2,1H3,(H,20,23)/t15-/m0/s1. The zero-order valence-corrected chi connectivity index (χ0v) is 16.1. The second-order valence-corrected chi connectivity index (χ2v) is 8.40. The van der Waals surface area contributed by atoms with Crippen LogP contribution in [-0.2, 0) is 26.0 Å². The number of rotatable bonds is 5. The number of nitrogens with one attached hydrogen (secondary N) is 1. The molecule has 0 saturated carbocycles. The van der Waals surface area contributed by atoms with E-state index in [0.29, 0.717) is 35.9 Å². The van der Waals surface area contributed by atoms with Gasteiger partial charge in [-0.1, -0.05) is 16.8 Å². The van der Waals surface area contributed by atoms with Gasteiger partial charge in [-0.15, -0.1) is 0 Å². The van der Waals surface area contributed by atoms with Crippen molar-refractivity contribution in [3.8, 4) is 0 Å². The van der Waals surface area contributed by atoms with Gasteiger partial charge in [0, 0.05) is 17.6 Å². The van der Waals surface area contributed by atoms with Crippen molar-refractivity contribution in [3.05, 3.63) is 46.8 Å². The quantitative estimate of drug-likeness (QED) is 0.801. The summed E-state index contributed by atoms with van der Waals surface area (Å²) in [6.45, 7) is 2.12. The first-order valence-corrected chi connectivity index (χ1v) is 10.2. The third-order valence-corrected chi connectivity index (χ3v) is 5.85. The molecule has 2 heterocycles. The summed E-state index contributed by atoms with van der Waals surface area (Å²) in [6, 6.07) is 6.26. The van der Waals surface area contributed by atoms with Crippen molar-refractivity contribution in [2.75, 3.05) is 6.54 Å². The number of amides is 2. The Kier molecular flexibility index (Phi) is 5.52. The van der Waals surface area contributed by atoms with E-state index in [0.717, 1.165) is 0 Å². The summed E-state index contributed by atoms with van der Waals surface area (Å²) >= 11 is 5.75. The van der Waals surface area contributed by atoms with E-state index < -0.39 is 22.0 Å². The Morgan fingerprint density at radius 2 is 2.04 bits per heavy atom. The lowest BCUT2D eigenvalue weighted by Crippen LogP contribution is -2.47. The van der Waals surface area contributed by atoms with E-state index >= 15 is 0 Å². The van der Waals surface area contributed by atoms with Crippen LogP contribution in [0.25, 0.3) is 0 Å². The van der Waals surface area contributed by atoms with Crippen LogP contribution in [0.4, 0.5) is 0 Å². The van der Waals surface area contributed by atoms with Gasteiger partial charge in [0.15, 0.2) is 0 Å². The molecule has 1 aromatic carbocycles. The fourth-order valence-corrected chi connectivity index (χ4v) is 4.10. The molecule has 8 nitrogen and oxygen atoms in total. The van der Waals surface area contributed by atoms with E-state index in [1.807, 2.05) is 4.72 Å². The van der Waals surface area contributed by atoms with Gasteiger partial charge in [-0.05, 0) is 44.0 Å². The summed E-state index contributed by atoms with van der Waals surface area (Å²) in [7, 11) is -4.04. The topological polar surface area (TPSA) is 110 Å². The first-order valence-electron chi connectivity index (χ1n) is 8.30. The third-order valence-electron chi connectivity index (χ3n) is 4.24. The molecular weight excluding hydrogens is 394 g/mol. The highest BCUT2D eigenvalue weighted by Gasteiger charge is 2.36. The summed E-state index contributed by atoms with van der Waals surface area (Å²) in [4.78, 5) is 26.3. The van der Waals surface area contributed by atoms with Crippen LogP contribution in [0.15, 0.2) is 39.8 Å². The molecule has 1 aliphatic rings. The molecule has 0 spiro atoms. The number of nitrogens with zero attached hydrogens (tertiary/aromatic N) is 2. The largest absolute Gasteiger partial charge is 0.361 e. The molecule has 1 saturated heterocycles. The number of halogens is 1. The van der Waals surface area contributed by atoms with E-state index in [2.05, 4.69) is 5.16 Å². The van der Waals surface area contributed by atoms with E-state index in [1.54, 1.807) is 13.0 Å². The highest BCUT2D eigenvalue weighted by molar-refractivity contribution is 7.90. The second kappa shape index (κ2) is 7.69. The van der Waals surface area contributed by atoms with Crippen molar-refractivity contribution >= 4 is 33.4 Å². The number of hydrogen-bond acceptors (Lipinski definition) is 6. The maximum Gasteiger partial charge on any atom is 0.264 e. The number of carbonyl (C=O) groups excluding carboxylic acids is 2. The number of likely N-dealkylation sites (tertiary alicyclic amines) is 1. The molecule has 0 radical (unpaired) electrons. The molecule has 1 aliphatic heterocycles. The first-order chi connectivity index (χ1) is 12.8. The molecule has 10 heteroatoms. The second-order valence-electron chi connectivity index (χ2n) is 6.28. The smallest absolute Gasteiger partial charge is 0.264 e. The number of aromatic nitrogens is 1. The highest BCUT2D eigenvalue weighted by atomic mass is 35.5. The van der Waals surface area contributed by atoms with E-state index in [-0.39, 0.29) is 17.2 Å². The van der Waals surface area contributed by atoms with Crippen LogP contribution in [0.5, 0.6) is 0 Å². The Balaban J connectivity index is 1.69. The maximum absolute atomic E-state index is 12.5. The van der Waals surface area contributed by atoms with Crippen molar-refractivity contribution in [2.24, 2.45) is 0 Å². The number of sulfonamides is 1. The van der Waals surface area contributed by atoms with Crippen LogP contribution in [0, 0.1) is 6.92 Å². The number of aryl methyl sites for hydroxylation is 1. The Labute approximate surface area is 161 Å². The zero-order chi connectivity index (χ0) is 19.6. The van der Waals surface area contributed by atoms with Crippen molar-refractivity contribution in [1.29, 1.82) is 0 Å². The molecule has 0 aliphatic carbocycles. The monoisotopic (exact) mass is 411 g/mol. The van der Waals surface area contributed by atoms with Crippen LogP contribution in [0.1, 0.15) is 24.3 Å². The molecule has 2 amide bonds. The summed E-state index contributed by atoms with van der Waals surface area (Å²) in [5.41, 5.74) is 0.655. The number of benzene rings is 1.